The van der Waals surface area contributed by atoms with Crippen LogP contribution >= 0.6 is 0 Å². The predicted molar refractivity (Wildman–Crippen MR) is 64.5 cm³/mol. The Balaban J connectivity index is 2.61. The second-order valence-electron chi connectivity index (χ2n) is 4.61. The Bertz CT molecular complexity index is 281. The number of piperidine rings is 1. The van der Waals surface area contributed by atoms with Gasteiger partial charge in [0.15, 0.2) is 0 Å². The van der Waals surface area contributed by atoms with Crippen LogP contribution in [0.4, 0.5) is 0 Å². The molecule has 0 radical (unpaired) electrons. The van der Waals surface area contributed by atoms with E-state index in [1.165, 1.54) is 14.0 Å². The number of methoxy groups -OCH3 is 1. The molecule has 0 aromatic carbocycles. The van der Waals surface area contributed by atoms with Crippen LogP contribution in [0, 0.1) is 5.92 Å². The zero-order valence-corrected chi connectivity index (χ0v) is 10.9. The predicted octanol–water partition coefficient (Wildman–Crippen LogP) is 0.396. The van der Waals surface area contributed by atoms with E-state index in [9.17, 15) is 9.59 Å². The first-order valence-corrected chi connectivity index (χ1v) is 6.14. The van der Waals surface area contributed by atoms with Crippen molar-refractivity contribution >= 4 is 11.9 Å². The van der Waals surface area contributed by atoms with E-state index in [-0.39, 0.29) is 23.8 Å². The Labute approximate surface area is 102 Å². The van der Waals surface area contributed by atoms with Crippen LogP contribution in [0.2, 0.25) is 0 Å². The van der Waals surface area contributed by atoms with Crippen LogP contribution in [0.3, 0.4) is 0 Å². The van der Waals surface area contributed by atoms with Gasteiger partial charge in [-0.25, -0.2) is 0 Å². The summed E-state index contributed by atoms with van der Waals surface area (Å²) in [4.78, 5) is 24.9. The van der Waals surface area contributed by atoms with Crippen LogP contribution < -0.4 is 5.32 Å². The van der Waals surface area contributed by atoms with Crippen LogP contribution in [0.25, 0.3) is 0 Å². The fourth-order valence-corrected chi connectivity index (χ4v) is 2.42. The van der Waals surface area contributed by atoms with Crippen molar-refractivity contribution in [3.8, 4) is 0 Å². The Kier molecular flexibility index (Phi) is 5.41. The van der Waals surface area contributed by atoms with Crippen LogP contribution in [0.15, 0.2) is 0 Å². The number of amides is 1. The number of likely N-dealkylation sites (tertiary alicyclic amines) is 1. The van der Waals surface area contributed by atoms with Crippen molar-refractivity contribution in [2.24, 2.45) is 5.92 Å². The van der Waals surface area contributed by atoms with Crippen molar-refractivity contribution < 1.29 is 14.3 Å². The number of ether oxygens (including phenoxy) is 1. The third-order valence-electron chi connectivity index (χ3n) is 3.01. The Morgan fingerprint density at radius 1 is 1.41 bits per heavy atom. The van der Waals surface area contributed by atoms with E-state index in [0.29, 0.717) is 6.42 Å². The summed E-state index contributed by atoms with van der Waals surface area (Å²) in [6.07, 6.45) is 1.72. The molecule has 1 heterocycles. The second kappa shape index (κ2) is 6.59. The lowest BCUT2D eigenvalue weighted by atomic mass is 9.94. The van der Waals surface area contributed by atoms with Crippen molar-refractivity contribution in [3.63, 3.8) is 0 Å². The number of nitrogens with one attached hydrogen (secondary N) is 1. The fourth-order valence-electron chi connectivity index (χ4n) is 2.42. The van der Waals surface area contributed by atoms with E-state index in [4.69, 9.17) is 4.74 Å². The van der Waals surface area contributed by atoms with Gasteiger partial charge in [-0.15, -0.1) is 0 Å². The van der Waals surface area contributed by atoms with Gasteiger partial charge in [-0.1, -0.05) is 6.92 Å². The summed E-state index contributed by atoms with van der Waals surface area (Å²) < 4.78 is 4.79. The number of hydrogen-bond donors (Lipinski definition) is 1. The molecule has 5 nitrogen and oxygen atoms in total. The van der Waals surface area contributed by atoms with Gasteiger partial charge >= 0.3 is 5.97 Å². The summed E-state index contributed by atoms with van der Waals surface area (Å²) in [5, 5.41) is 2.89. The molecule has 0 aromatic heterocycles. The normalized spacial score (nSPS) is 25.4. The first-order chi connectivity index (χ1) is 8.06. The van der Waals surface area contributed by atoms with Crippen molar-refractivity contribution in [2.75, 3.05) is 26.7 Å². The molecule has 0 spiro atoms. The molecule has 98 valence electrons. The lowest BCUT2D eigenvalue weighted by molar-refractivity contribution is -0.148. The average molecular weight is 242 g/mol. The number of esters is 1. The molecule has 0 aromatic rings. The average Bonchev–Trinajstić information content (AvgIpc) is 2.27. The van der Waals surface area contributed by atoms with Gasteiger partial charge < -0.3 is 15.0 Å². The SMILES string of the molecule is CCCN1CC(NC(C)=O)CC(C(=O)OC)C1. The smallest absolute Gasteiger partial charge is 0.310 e. The van der Waals surface area contributed by atoms with Crippen molar-refractivity contribution in [3.05, 3.63) is 0 Å². The molecule has 1 aliphatic rings. The van der Waals surface area contributed by atoms with E-state index in [1.54, 1.807) is 0 Å². The van der Waals surface area contributed by atoms with E-state index >= 15 is 0 Å². The summed E-state index contributed by atoms with van der Waals surface area (Å²) >= 11 is 0. The molecule has 1 amide bonds. The number of carbonyl (C=O) groups is 2. The molecule has 5 heteroatoms. The van der Waals surface area contributed by atoms with Crippen molar-refractivity contribution in [2.45, 2.75) is 32.7 Å². The van der Waals surface area contributed by atoms with Gasteiger partial charge in [-0.3, -0.25) is 9.59 Å². The maximum absolute atomic E-state index is 11.6. The molecule has 2 atom stereocenters. The number of hydrogen-bond acceptors (Lipinski definition) is 4. The molecule has 2 unspecified atom stereocenters. The molecule has 1 saturated heterocycles. The summed E-state index contributed by atoms with van der Waals surface area (Å²) in [5.74, 6) is -0.352. The third-order valence-corrected chi connectivity index (χ3v) is 3.01. The highest BCUT2D eigenvalue weighted by Gasteiger charge is 2.32. The minimum Gasteiger partial charge on any atom is -0.469 e. The fraction of sp³-hybridized carbons (Fsp3) is 0.833. The van der Waals surface area contributed by atoms with E-state index in [0.717, 1.165) is 26.1 Å². The molecule has 0 saturated carbocycles. The quantitative estimate of drug-likeness (QED) is 0.725. The van der Waals surface area contributed by atoms with Gasteiger partial charge in [0, 0.05) is 26.1 Å². The van der Waals surface area contributed by atoms with Gasteiger partial charge in [0.1, 0.15) is 0 Å². The third kappa shape index (κ3) is 4.34. The van der Waals surface area contributed by atoms with Gasteiger partial charge in [0.05, 0.1) is 13.0 Å². The Hall–Kier alpha value is -1.10. The second-order valence-corrected chi connectivity index (χ2v) is 4.61. The summed E-state index contributed by atoms with van der Waals surface area (Å²) in [5.41, 5.74) is 0. The Morgan fingerprint density at radius 2 is 2.12 bits per heavy atom. The summed E-state index contributed by atoms with van der Waals surface area (Å²) in [7, 11) is 1.41. The zero-order valence-electron chi connectivity index (χ0n) is 10.9. The highest BCUT2D eigenvalue weighted by Crippen LogP contribution is 2.18. The molecule has 17 heavy (non-hydrogen) atoms. The molecular weight excluding hydrogens is 220 g/mol. The first kappa shape index (κ1) is 14.0. The first-order valence-electron chi connectivity index (χ1n) is 6.14. The highest BCUT2D eigenvalue weighted by molar-refractivity contribution is 5.74. The zero-order chi connectivity index (χ0) is 12.8. The van der Waals surface area contributed by atoms with E-state index in [2.05, 4.69) is 17.1 Å². The maximum atomic E-state index is 11.6. The Morgan fingerprint density at radius 3 is 2.65 bits per heavy atom. The lowest BCUT2D eigenvalue weighted by Crippen LogP contribution is -2.52. The van der Waals surface area contributed by atoms with Crippen molar-refractivity contribution in [1.29, 1.82) is 0 Å². The van der Waals surface area contributed by atoms with Crippen LogP contribution in [0.5, 0.6) is 0 Å². The summed E-state index contributed by atoms with van der Waals surface area (Å²) in [6.45, 7) is 6.11. The standard InChI is InChI=1S/C12H22N2O3/c1-4-5-14-7-10(12(16)17-3)6-11(8-14)13-9(2)15/h10-11H,4-8H2,1-3H3,(H,13,15). The van der Waals surface area contributed by atoms with Crippen molar-refractivity contribution in [1.82, 2.24) is 10.2 Å². The molecular formula is C12H22N2O3. The molecule has 1 rings (SSSR count). The van der Waals surface area contributed by atoms with E-state index in [1.807, 2.05) is 0 Å². The highest BCUT2D eigenvalue weighted by atomic mass is 16.5. The maximum Gasteiger partial charge on any atom is 0.310 e. The molecule has 1 N–H and O–H groups in total. The number of nitrogens with zero attached hydrogens (tertiary/aromatic N) is 1. The van der Waals surface area contributed by atoms with Crippen LogP contribution in [-0.4, -0.2) is 49.6 Å². The molecule has 0 aliphatic carbocycles. The number of rotatable bonds is 4. The van der Waals surface area contributed by atoms with Gasteiger partial charge in [0.2, 0.25) is 5.91 Å². The summed E-state index contributed by atoms with van der Waals surface area (Å²) in [6, 6.07) is 0.0527. The van der Waals surface area contributed by atoms with Gasteiger partial charge in [0.25, 0.3) is 0 Å². The van der Waals surface area contributed by atoms with Gasteiger partial charge in [-0.05, 0) is 19.4 Å². The molecule has 0 bridgehead atoms. The van der Waals surface area contributed by atoms with Crippen LogP contribution in [0.1, 0.15) is 26.7 Å². The van der Waals surface area contributed by atoms with Gasteiger partial charge in [-0.2, -0.15) is 0 Å². The largest absolute Gasteiger partial charge is 0.469 e. The minimum atomic E-state index is -0.179. The minimum absolute atomic E-state index is 0.0445. The molecule has 1 aliphatic heterocycles. The van der Waals surface area contributed by atoms with E-state index < -0.39 is 0 Å². The monoisotopic (exact) mass is 242 g/mol. The van der Waals surface area contributed by atoms with Crippen LogP contribution in [-0.2, 0) is 14.3 Å². The lowest BCUT2D eigenvalue weighted by Gasteiger charge is -2.36. The molecule has 1 fully saturated rings. The number of carbonyl (C=O) groups excluding carboxylic acids is 2. The topological polar surface area (TPSA) is 58.6 Å².